The normalized spacial score (nSPS) is 11.6. The van der Waals surface area contributed by atoms with E-state index in [4.69, 9.17) is 4.74 Å². The molecule has 0 spiro atoms. The number of benzene rings is 1. The van der Waals surface area contributed by atoms with Gasteiger partial charge >= 0.3 is 5.97 Å². The molecule has 1 aromatic heterocycles. The van der Waals surface area contributed by atoms with Crippen molar-refractivity contribution in [2.24, 2.45) is 0 Å². The van der Waals surface area contributed by atoms with Crippen LogP contribution in [0, 0.1) is 25.2 Å². The Labute approximate surface area is 146 Å². The maximum absolute atomic E-state index is 12.4. The first-order chi connectivity index (χ1) is 11.5. The monoisotopic (exact) mass is 340 g/mol. The van der Waals surface area contributed by atoms with Crippen molar-refractivity contribution < 1.29 is 9.53 Å². The number of pyridine rings is 1. The number of nitriles is 1. The van der Waals surface area contributed by atoms with E-state index in [0.29, 0.717) is 17.0 Å². The van der Waals surface area contributed by atoms with E-state index < -0.39 is 0 Å². The van der Waals surface area contributed by atoms with Gasteiger partial charge in [-0.05, 0) is 37.5 Å². The van der Waals surface area contributed by atoms with Gasteiger partial charge in [0.15, 0.2) is 0 Å². The summed E-state index contributed by atoms with van der Waals surface area (Å²) in [6, 6.07) is 13.6. The molecule has 0 saturated carbocycles. The van der Waals surface area contributed by atoms with E-state index in [2.05, 4.69) is 11.1 Å². The number of nitrogens with zero attached hydrogens (tertiary/aromatic N) is 2. The molecule has 0 aliphatic carbocycles. The van der Waals surface area contributed by atoms with Gasteiger partial charge in [0.1, 0.15) is 23.0 Å². The molecule has 5 heteroatoms. The summed E-state index contributed by atoms with van der Waals surface area (Å²) >= 11 is 1.30. The van der Waals surface area contributed by atoms with Gasteiger partial charge in [-0.2, -0.15) is 5.26 Å². The molecule has 0 saturated heterocycles. The van der Waals surface area contributed by atoms with Gasteiger partial charge in [0.25, 0.3) is 0 Å². The zero-order valence-electron chi connectivity index (χ0n) is 14.1. The topological polar surface area (TPSA) is 63.0 Å². The number of rotatable bonds is 6. The minimum atomic E-state index is -0.380. The van der Waals surface area contributed by atoms with Crippen molar-refractivity contribution >= 4 is 17.7 Å². The summed E-state index contributed by atoms with van der Waals surface area (Å²) in [6.07, 6.45) is 0.609. The zero-order valence-corrected chi connectivity index (χ0v) is 14.9. The molecule has 0 bridgehead atoms. The van der Waals surface area contributed by atoms with Gasteiger partial charge in [0.2, 0.25) is 0 Å². The lowest BCUT2D eigenvalue weighted by molar-refractivity contribution is -0.144. The molecule has 0 N–H and O–H groups in total. The molecular formula is C19H20N2O2S. The maximum Gasteiger partial charge on any atom is 0.319 e. The zero-order chi connectivity index (χ0) is 17.5. The average molecular weight is 340 g/mol. The summed E-state index contributed by atoms with van der Waals surface area (Å²) in [5, 5.41) is 9.56. The number of aryl methyl sites for hydroxylation is 2. The summed E-state index contributed by atoms with van der Waals surface area (Å²) in [5.74, 6) is -0.281. The van der Waals surface area contributed by atoms with Crippen molar-refractivity contribution in [1.29, 1.82) is 5.26 Å². The molecule has 124 valence electrons. The molecule has 4 nitrogen and oxygen atoms in total. The number of carbonyl (C=O) groups excluding carboxylic acids is 1. The lowest BCUT2D eigenvalue weighted by Crippen LogP contribution is -2.20. The molecule has 2 rings (SSSR count). The van der Waals surface area contributed by atoms with E-state index in [1.165, 1.54) is 11.8 Å². The van der Waals surface area contributed by atoms with Crippen LogP contribution in [-0.4, -0.2) is 16.2 Å². The van der Waals surface area contributed by atoms with Crippen molar-refractivity contribution in [1.82, 2.24) is 4.98 Å². The number of carbonyl (C=O) groups is 1. The highest BCUT2D eigenvalue weighted by atomic mass is 32.2. The lowest BCUT2D eigenvalue weighted by atomic mass is 10.1. The van der Waals surface area contributed by atoms with E-state index >= 15 is 0 Å². The molecule has 0 amide bonds. The molecule has 1 heterocycles. The Balaban J connectivity index is 2.09. The number of aromatic nitrogens is 1. The van der Waals surface area contributed by atoms with Crippen LogP contribution in [0.3, 0.4) is 0 Å². The second-order valence-electron chi connectivity index (χ2n) is 5.48. The minimum Gasteiger partial charge on any atom is -0.460 e. The highest BCUT2D eigenvalue weighted by Crippen LogP contribution is 2.29. The van der Waals surface area contributed by atoms with Crippen LogP contribution < -0.4 is 0 Å². The van der Waals surface area contributed by atoms with E-state index in [0.717, 1.165) is 16.8 Å². The summed E-state index contributed by atoms with van der Waals surface area (Å²) < 4.78 is 5.42. The molecule has 1 atom stereocenters. The SMILES string of the molecule is CCC(Sc1nc(C)cc(C)c1C#N)C(=O)OCc1ccccc1. The second-order valence-corrected chi connectivity index (χ2v) is 6.67. The van der Waals surface area contributed by atoms with Crippen molar-refractivity contribution in [3.05, 3.63) is 58.8 Å². The van der Waals surface area contributed by atoms with Crippen LogP contribution in [0.25, 0.3) is 0 Å². The second kappa shape index (κ2) is 8.51. The Hall–Kier alpha value is -2.32. The predicted octanol–water partition coefficient (Wildman–Crippen LogP) is 4.18. The van der Waals surface area contributed by atoms with Crippen LogP contribution in [0.4, 0.5) is 0 Å². The van der Waals surface area contributed by atoms with Crippen LogP contribution >= 0.6 is 11.8 Å². The Morgan fingerprint density at radius 2 is 2.04 bits per heavy atom. The van der Waals surface area contributed by atoms with Gasteiger partial charge in [-0.1, -0.05) is 49.0 Å². The fourth-order valence-electron chi connectivity index (χ4n) is 2.28. The first-order valence-electron chi connectivity index (χ1n) is 7.80. The third-order valence-electron chi connectivity index (χ3n) is 3.53. The third-order valence-corrected chi connectivity index (χ3v) is 4.86. The van der Waals surface area contributed by atoms with E-state index in [9.17, 15) is 10.1 Å². The molecular weight excluding hydrogens is 320 g/mol. The summed E-state index contributed by atoms with van der Waals surface area (Å²) in [6.45, 7) is 5.94. The summed E-state index contributed by atoms with van der Waals surface area (Å²) in [5.41, 5.74) is 3.19. The number of thioether (sulfide) groups is 1. The van der Waals surface area contributed by atoms with Crippen LogP contribution in [0.5, 0.6) is 0 Å². The van der Waals surface area contributed by atoms with E-state index in [-0.39, 0.29) is 17.8 Å². The highest BCUT2D eigenvalue weighted by Gasteiger charge is 2.22. The minimum absolute atomic E-state index is 0.252. The van der Waals surface area contributed by atoms with Gasteiger partial charge < -0.3 is 4.74 Å². The smallest absolute Gasteiger partial charge is 0.319 e. The van der Waals surface area contributed by atoms with Crippen molar-refractivity contribution in [2.45, 2.75) is 44.1 Å². The number of ether oxygens (including phenoxy) is 1. The Kier molecular flexibility index (Phi) is 6.39. The first-order valence-corrected chi connectivity index (χ1v) is 8.68. The number of hydrogen-bond acceptors (Lipinski definition) is 5. The Bertz CT molecular complexity index is 754. The Morgan fingerprint density at radius 1 is 1.33 bits per heavy atom. The fourth-order valence-corrected chi connectivity index (χ4v) is 3.40. The van der Waals surface area contributed by atoms with Crippen molar-refractivity contribution in [3.8, 4) is 6.07 Å². The predicted molar refractivity (Wildman–Crippen MR) is 94.6 cm³/mol. The van der Waals surface area contributed by atoms with Crippen molar-refractivity contribution in [2.75, 3.05) is 0 Å². The maximum atomic E-state index is 12.4. The molecule has 1 unspecified atom stereocenters. The van der Waals surface area contributed by atoms with Crippen LogP contribution in [0.2, 0.25) is 0 Å². The van der Waals surface area contributed by atoms with Crippen molar-refractivity contribution in [3.63, 3.8) is 0 Å². The van der Waals surface area contributed by atoms with Crippen LogP contribution in [-0.2, 0) is 16.1 Å². The quantitative estimate of drug-likeness (QED) is 0.583. The molecule has 24 heavy (non-hydrogen) atoms. The molecule has 0 aliphatic heterocycles. The number of hydrogen-bond donors (Lipinski definition) is 0. The van der Waals surface area contributed by atoms with Gasteiger partial charge in [0, 0.05) is 5.69 Å². The summed E-state index contributed by atoms with van der Waals surface area (Å²) in [7, 11) is 0. The average Bonchev–Trinajstić information content (AvgIpc) is 2.58. The van der Waals surface area contributed by atoms with Crippen LogP contribution in [0.1, 0.15) is 35.7 Å². The molecule has 1 aromatic carbocycles. The molecule has 0 fully saturated rings. The number of esters is 1. The molecule has 0 aliphatic rings. The van der Waals surface area contributed by atoms with E-state index in [1.807, 2.05) is 57.2 Å². The van der Waals surface area contributed by atoms with Gasteiger partial charge in [-0.25, -0.2) is 4.98 Å². The van der Waals surface area contributed by atoms with E-state index in [1.54, 1.807) is 0 Å². The molecule has 0 radical (unpaired) electrons. The fraction of sp³-hybridized carbons (Fsp3) is 0.316. The van der Waals surface area contributed by atoms with Gasteiger partial charge in [0.05, 0.1) is 5.56 Å². The third kappa shape index (κ3) is 4.59. The lowest BCUT2D eigenvalue weighted by Gasteiger charge is -2.15. The first kappa shape index (κ1) is 18.0. The standard InChI is InChI=1S/C19H20N2O2S/c1-4-17(19(22)23-12-15-8-6-5-7-9-15)24-18-16(11-20)13(2)10-14(3)21-18/h5-10,17H,4,12H2,1-3H3. The molecule has 2 aromatic rings. The largest absolute Gasteiger partial charge is 0.460 e. The Morgan fingerprint density at radius 3 is 2.67 bits per heavy atom. The summed E-state index contributed by atoms with van der Waals surface area (Å²) in [4.78, 5) is 16.8. The highest BCUT2D eigenvalue weighted by molar-refractivity contribution is 8.00. The van der Waals surface area contributed by atoms with Crippen LogP contribution in [0.15, 0.2) is 41.4 Å². The van der Waals surface area contributed by atoms with Gasteiger partial charge in [-0.3, -0.25) is 4.79 Å². The van der Waals surface area contributed by atoms with Gasteiger partial charge in [-0.15, -0.1) is 0 Å².